The summed E-state index contributed by atoms with van der Waals surface area (Å²) in [4.78, 5) is 11.1. The van der Waals surface area contributed by atoms with E-state index in [0.29, 0.717) is 5.69 Å². The van der Waals surface area contributed by atoms with Crippen LogP contribution in [0, 0.1) is 0 Å². The summed E-state index contributed by atoms with van der Waals surface area (Å²) in [6.07, 6.45) is 0. The van der Waals surface area contributed by atoms with Crippen LogP contribution < -0.4 is 11.1 Å². The minimum atomic E-state index is -0.644. The van der Waals surface area contributed by atoms with Crippen molar-refractivity contribution in [1.29, 1.82) is 0 Å². The van der Waals surface area contributed by atoms with Crippen molar-refractivity contribution in [1.82, 2.24) is 0 Å². The Morgan fingerprint density at radius 3 is 2.50 bits per heavy atom. The standard InChI is InChI=1S/C8H8BrN3O2/c9-5-1-3-6(4-2-5)11-8(13)7(10)12-14/h1-4,14H,(H2,10,12)(H,11,13). The minimum Gasteiger partial charge on any atom is -0.409 e. The van der Waals surface area contributed by atoms with Crippen molar-refractivity contribution in [2.24, 2.45) is 10.9 Å². The van der Waals surface area contributed by atoms with Gasteiger partial charge in [-0.25, -0.2) is 0 Å². The normalized spacial score (nSPS) is 11.1. The van der Waals surface area contributed by atoms with Crippen molar-refractivity contribution in [3.8, 4) is 0 Å². The predicted molar refractivity (Wildman–Crippen MR) is 56.2 cm³/mol. The maximum atomic E-state index is 11.1. The molecule has 0 aromatic heterocycles. The number of amidine groups is 1. The molecule has 0 saturated carbocycles. The van der Waals surface area contributed by atoms with Crippen LogP contribution in [0.3, 0.4) is 0 Å². The summed E-state index contributed by atoms with van der Waals surface area (Å²) in [7, 11) is 0. The lowest BCUT2D eigenvalue weighted by atomic mass is 10.3. The number of nitrogens with two attached hydrogens (primary N) is 1. The first-order valence-electron chi connectivity index (χ1n) is 3.68. The summed E-state index contributed by atoms with van der Waals surface area (Å²) >= 11 is 3.25. The smallest absolute Gasteiger partial charge is 0.294 e. The van der Waals surface area contributed by atoms with E-state index in [9.17, 15) is 4.79 Å². The third-order valence-electron chi connectivity index (χ3n) is 1.44. The van der Waals surface area contributed by atoms with Crippen LogP contribution in [0.1, 0.15) is 0 Å². The maximum Gasteiger partial charge on any atom is 0.294 e. The second-order valence-electron chi connectivity index (χ2n) is 2.45. The highest BCUT2D eigenvalue weighted by Gasteiger charge is 2.06. The number of nitrogens with one attached hydrogen (secondary N) is 1. The number of oxime groups is 1. The SMILES string of the molecule is N/C(=N/O)C(=O)Nc1ccc(Br)cc1. The number of rotatable bonds is 1. The van der Waals surface area contributed by atoms with E-state index in [1.807, 2.05) is 0 Å². The van der Waals surface area contributed by atoms with Crippen LogP contribution in [-0.4, -0.2) is 17.0 Å². The van der Waals surface area contributed by atoms with E-state index in [2.05, 4.69) is 26.4 Å². The molecular formula is C8H8BrN3O2. The van der Waals surface area contributed by atoms with Gasteiger partial charge in [0.1, 0.15) is 0 Å². The van der Waals surface area contributed by atoms with Gasteiger partial charge in [0, 0.05) is 10.2 Å². The summed E-state index contributed by atoms with van der Waals surface area (Å²) in [6.45, 7) is 0. The number of hydrogen-bond donors (Lipinski definition) is 3. The largest absolute Gasteiger partial charge is 0.409 e. The molecule has 4 N–H and O–H groups in total. The van der Waals surface area contributed by atoms with Crippen LogP contribution in [0.25, 0.3) is 0 Å². The van der Waals surface area contributed by atoms with Crippen molar-refractivity contribution in [2.75, 3.05) is 5.32 Å². The van der Waals surface area contributed by atoms with Gasteiger partial charge < -0.3 is 16.3 Å². The molecule has 1 rings (SSSR count). The van der Waals surface area contributed by atoms with Gasteiger partial charge in [-0.05, 0) is 24.3 Å². The van der Waals surface area contributed by atoms with Crippen molar-refractivity contribution < 1.29 is 10.0 Å². The first-order valence-corrected chi connectivity index (χ1v) is 4.47. The molecule has 0 atom stereocenters. The van der Waals surface area contributed by atoms with Crippen molar-refractivity contribution in [3.63, 3.8) is 0 Å². The van der Waals surface area contributed by atoms with Crippen molar-refractivity contribution in [2.45, 2.75) is 0 Å². The van der Waals surface area contributed by atoms with Gasteiger partial charge in [0.05, 0.1) is 0 Å². The number of hydrogen-bond acceptors (Lipinski definition) is 3. The number of anilines is 1. The van der Waals surface area contributed by atoms with E-state index < -0.39 is 11.7 Å². The Morgan fingerprint density at radius 2 is 2.00 bits per heavy atom. The number of halogens is 1. The molecule has 0 radical (unpaired) electrons. The van der Waals surface area contributed by atoms with E-state index in [4.69, 9.17) is 10.9 Å². The Labute approximate surface area is 88.7 Å². The summed E-state index contributed by atoms with van der Waals surface area (Å²) in [6, 6.07) is 6.91. The molecule has 0 fully saturated rings. The molecular weight excluding hydrogens is 250 g/mol. The molecule has 0 aliphatic heterocycles. The molecule has 1 aromatic carbocycles. The van der Waals surface area contributed by atoms with Crippen LogP contribution >= 0.6 is 15.9 Å². The van der Waals surface area contributed by atoms with E-state index in [1.54, 1.807) is 24.3 Å². The molecule has 0 aliphatic rings. The summed E-state index contributed by atoms with van der Waals surface area (Å²) in [5.74, 6) is -1.12. The van der Waals surface area contributed by atoms with Crippen LogP contribution in [0.15, 0.2) is 33.9 Å². The molecule has 1 amide bonds. The molecule has 0 aliphatic carbocycles. The fraction of sp³-hybridized carbons (Fsp3) is 0. The van der Waals surface area contributed by atoms with E-state index in [1.165, 1.54) is 0 Å². The van der Waals surface area contributed by atoms with Gasteiger partial charge in [-0.2, -0.15) is 0 Å². The Hall–Kier alpha value is -1.56. The first-order chi connectivity index (χ1) is 6.63. The third-order valence-corrected chi connectivity index (χ3v) is 1.97. The van der Waals surface area contributed by atoms with Crippen LogP contribution in [0.4, 0.5) is 5.69 Å². The quantitative estimate of drug-likeness (QED) is 0.305. The fourth-order valence-corrected chi connectivity index (χ4v) is 1.04. The highest BCUT2D eigenvalue weighted by molar-refractivity contribution is 9.10. The highest BCUT2D eigenvalue weighted by Crippen LogP contribution is 2.13. The van der Waals surface area contributed by atoms with Crippen molar-refractivity contribution in [3.05, 3.63) is 28.7 Å². The van der Waals surface area contributed by atoms with Gasteiger partial charge in [0.25, 0.3) is 5.91 Å². The number of nitrogens with zero attached hydrogens (tertiary/aromatic N) is 1. The van der Waals surface area contributed by atoms with Crippen LogP contribution in [0.5, 0.6) is 0 Å². The van der Waals surface area contributed by atoms with E-state index >= 15 is 0 Å². The van der Waals surface area contributed by atoms with Gasteiger partial charge in [-0.3, -0.25) is 4.79 Å². The van der Waals surface area contributed by atoms with E-state index in [0.717, 1.165) is 4.47 Å². The third kappa shape index (κ3) is 2.74. The number of carbonyl (C=O) groups is 1. The molecule has 0 bridgehead atoms. The highest BCUT2D eigenvalue weighted by atomic mass is 79.9. The summed E-state index contributed by atoms with van der Waals surface area (Å²) in [5.41, 5.74) is 5.65. The Bertz CT molecular complexity index is 361. The molecule has 74 valence electrons. The fourth-order valence-electron chi connectivity index (χ4n) is 0.774. The second kappa shape index (κ2) is 4.61. The first kappa shape index (κ1) is 10.5. The lowest BCUT2D eigenvalue weighted by Crippen LogP contribution is -2.29. The molecule has 0 heterocycles. The predicted octanol–water partition coefficient (Wildman–Crippen LogP) is 1.13. The van der Waals surface area contributed by atoms with Gasteiger partial charge in [-0.1, -0.05) is 21.1 Å². The molecule has 0 spiro atoms. The average Bonchev–Trinajstić information content (AvgIpc) is 2.20. The zero-order chi connectivity index (χ0) is 10.6. The number of benzene rings is 1. The monoisotopic (exact) mass is 257 g/mol. The van der Waals surface area contributed by atoms with Crippen molar-refractivity contribution >= 4 is 33.4 Å². The maximum absolute atomic E-state index is 11.1. The van der Waals surface area contributed by atoms with E-state index in [-0.39, 0.29) is 0 Å². The van der Waals surface area contributed by atoms with Crippen LogP contribution in [0.2, 0.25) is 0 Å². The Kier molecular flexibility index (Phi) is 3.47. The van der Waals surface area contributed by atoms with Gasteiger partial charge in [-0.15, -0.1) is 0 Å². The zero-order valence-corrected chi connectivity index (χ0v) is 8.65. The van der Waals surface area contributed by atoms with Gasteiger partial charge in [0.2, 0.25) is 5.84 Å². The zero-order valence-electron chi connectivity index (χ0n) is 7.07. The molecule has 0 saturated heterocycles. The number of carbonyl (C=O) groups excluding carboxylic acids is 1. The summed E-state index contributed by atoms with van der Waals surface area (Å²) < 4.78 is 0.902. The Morgan fingerprint density at radius 1 is 1.43 bits per heavy atom. The summed E-state index contributed by atoms with van der Waals surface area (Å²) in [5, 5.41) is 13.2. The van der Waals surface area contributed by atoms with Gasteiger partial charge >= 0.3 is 0 Å². The van der Waals surface area contributed by atoms with Crippen LogP contribution in [-0.2, 0) is 4.79 Å². The molecule has 1 aromatic rings. The lowest BCUT2D eigenvalue weighted by Gasteiger charge is -2.02. The number of amides is 1. The molecule has 14 heavy (non-hydrogen) atoms. The second-order valence-corrected chi connectivity index (χ2v) is 3.36. The molecule has 0 unspecified atom stereocenters. The molecule has 5 nitrogen and oxygen atoms in total. The minimum absolute atomic E-state index is 0.479. The Balaban J connectivity index is 2.70. The average molecular weight is 258 g/mol. The molecule has 6 heteroatoms. The topological polar surface area (TPSA) is 87.7 Å². The lowest BCUT2D eigenvalue weighted by molar-refractivity contribution is -0.110. The van der Waals surface area contributed by atoms with Gasteiger partial charge in [0.15, 0.2) is 0 Å².